The van der Waals surface area contributed by atoms with E-state index < -0.39 is 5.97 Å². The molecule has 0 heterocycles. The fourth-order valence-corrected chi connectivity index (χ4v) is 0.682. The topological polar surface area (TPSA) is 74.3 Å². The number of carboxylic acids is 1. The molecule has 0 saturated carbocycles. The Balaban J connectivity index is 0. The van der Waals surface area contributed by atoms with Crippen molar-refractivity contribution in [2.45, 2.75) is 32.6 Å². The van der Waals surface area contributed by atoms with Gasteiger partial charge >= 0.3 is 29.6 Å². The first-order chi connectivity index (χ1) is 5.52. The van der Waals surface area contributed by atoms with Crippen molar-refractivity contribution < 1.29 is 49.0 Å². The molecular weight excluding hydrogens is 183 g/mol. The van der Waals surface area contributed by atoms with Crippen molar-refractivity contribution in [3.8, 4) is 0 Å². The molecule has 0 amide bonds. The summed E-state index contributed by atoms with van der Waals surface area (Å²) >= 11 is 0. The summed E-state index contributed by atoms with van der Waals surface area (Å²) in [6, 6.07) is 0. The molecule has 4 nitrogen and oxygen atoms in total. The second-order valence-corrected chi connectivity index (χ2v) is 2.61. The first kappa shape index (κ1) is 15.3. The van der Waals surface area contributed by atoms with Gasteiger partial charge in [0.15, 0.2) is 0 Å². The minimum absolute atomic E-state index is 0. The maximum Gasteiger partial charge on any atom is 1.00 e. The molecule has 0 bridgehead atoms. The van der Waals surface area contributed by atoms with Crippen molar-refractivity contribution in [2.24, 2.45) is 0 Å². The standard InChI is InChI=1S/C8H12O4.Na/c1-6(9)2-3-7(10)4-5-8(11)12;/h2-5H2,1H3,(H,11,12);/q;+1/p-1. The molecule has 0 fully saturated rings. The quantitative estimate of drug-likeness (QED) is 0.410. The number of hydrogen-bond acceptors (Lipinski definition) is 4. The molecule has 0 aromatic rings. The molecule has 0 aliphatic carbocycles. The van der Waals surface area contributed by atoms with E-state index >= 15 is 0 Å². The number of carbonyl (C=O) groups excluding carboxylic acids is 3. The Kier molecular flexibility index (Phi) is 9.89. The average Bonchev–Trinajstić information content (AvgIpc) is 1.96. The Morgan fingerprint density at radius 1 is 1.00 bits per heavy atom. The molecule has 0 rings (SSSR count). The molecule has 0 saturated heterocycles. The van der Waals surface area contributed by atoms with Gasteiger partial charge in [-0.05, 0) is 13.3 Å². The summed E-state index contributed by atoms with van der Waals surface area (Å²) in [6.45, 7) is 1.39. The van der Waals surface area contributed by atoms with Crippen LogP contribution in [0, 0.1) is 0 Å². The predicted octanol–water partition coefficient (Wildman–Crippen LogP) is -3.54. The maximum absolute atomic E-state index is 10.8. The minimum Gasteiger partial charge on any atom is -0.550 e. The molecule has 0 spiro atoms. The van der Waals surface area contributed by atoms with Gasteiger partial charge in [-0.3, -0.25) is 4.79 Å². The molecular formula is C8H11NaO4. The first-order valence-corrected chi connectivity index (χ1v) is 3.73. The molecule has 0 aromatic heterocycles. The number of Topliss-reactive ketones (excluding diaryl/α,β-unsaturated/α-hetero) is 2. The van der Waals surface area contributed by atoms with Crippen molar-refractivity contribution in [3.63, 3.8) is 0 Å². The third kappa shape index (κ3) is 11.8. The Labute approximate surface area is 99.0 Å². The van der Waals surface area contributed by atoms with Crippen LogP contribution < -0.4 is 34.7 Å². The maximum atomic E-state index is 10.8. The van der Waals surface area contributed by atoms with E-state index in [1.807, 2.05) is 0 Å². The van der Waals surface area contributed by atoms with Crippen LogP contribution in [-0.4, -0.2) is 17.5 Å². The van der Waals surface area contributed by atoms with Gasteiger partial charge in [-0.15, -0.1) is 0 Å². The van der Waals surface area contributed by atoms with Crippen LogP contribution in [0.5, 0.6) is 0 Å². The van der Waals surface area contributed by atoms with E-state index in [-0.39, 0.29) is 66.8 Å². The van der Waals surface area contributed by atoms with Crippen LogP contribution in [0.15, 0.2) is 0 Å². The Bertz CT molecular complexity index is 180. The van der Waals surface area contributed by atoms with Gasteiger partial charge in [0.1, 0.15) is 11.6 Å². The summed E-state index contributed by atoms with van der Waals surface area (Å²) in [5.74, 6) is -1.49. The summed E-state index contributed by atoms with van der Waals surface area (Å²) in [5.41, 5.74) is 0. The third-order valence-electron chi connectivity index (χ3n) is 1.36. The molecule has 0 radical (unpaired) electrons. The molecule has 68 valence electrons. The Hall–Kier alpha value is -0.190. The molecule has 0 atom stereocenters. The number of rotatable bonds is 6. The van der Waals surface area contributed by atoms with Crippen molar-refractivity contribution >= 4 is 17.5 Å². The van der Waals surface area contributed by atoms with Crippen molar-refractivity contribution in [2.75, 3.05) is 0 Å². The van der Waals surface area contributed by atoms with Crippen LogP contribution in [0.4, 0.5) is 0 Å². The van der Waals surface area contributed by atoms with Gasteiger partial charge < -0.3 is 14.7 Å². The number of carbonyl (C=O) groups is 3. The van der Waals surface area contributed by atoms with E-state index in [0.29, 0.717) is 0 Å². The molecule has 13 heavy (non-hydrogen) atoms. The van der Waals surface area contributed by atoms with Crippen LogP contribution in [0.25, 0.3) is 0 Å². The van der Waals surface area contributed by atoms with Crippen LogP contribution >= 0.6 is 0 Å². The molecule has 5 heteroatoms. The number of carboxylic acid groups (broad SMARTS) is 1. The summed E-state index contributed by atoms with van der Waals surface area (Å²) in [7, 11) is 0. The van der Waals surface area contributed by atoms with E-state index in [4.69, 9.17) is 0 Å². The molecule has 0 aromatic carbocycles. The van der Waals surface area contributed by atoms with Gasteiger partial charge in [-0.2, -0.15) is 0 Å². The van der Waals surface area contributed by atoms with Crippen LogP contribution in [0.2, 0.25) is 0 Å². The predicted molar refractivity (Wildman–Crippen MR) is 39.2 cm³/mol. The second kappa shape index (κ2) is 8.41. The summed E-state index contributed by atoms with van der Waals surface area (Å²) < 4.78 is 0. The number of hydrogen-bond donors (Lipinski definition) is 0. The van der Waals surface area contributed by atoms with Crippen LogP contribution in [-0.2, 0) is 14.4 Å². The summed E-state index contributed by atoms with van der Waals surface area (Å²) in [4.78, 5) is 31.1. The second-order valence-electron chi connectivity index (χ2n) is 2.61. The first-order valence-electron chi connectivity index (χ1n) is 3.73. The Morgan fingerprint density at radius 2 is 1.46 bits per heavy atom. The fraction of sp³-hybridized carbons (Fsp3) is 0.625. The smallest absolute Gasteiger partial charge is 0.550 e. The summed E-state index contributed by atoms with van der Waals surface area (Å²) in [6.07, 6.45) is 0.0564. The minimum atomic E-state index is -1.23. The van der Waals surface area contributed by atoms with Crippen molar-refractivity contribution in [1.82, 2.24) is 0 Å². The fourth-order valence-electron chi connectivity index (χ4n) is 0.682. The van der Waals surface area contributed by atoms with Crippen LogP contribution in [0.3, 0.4) is 0 Å². The zero-order valence-corrected chi connectivity index (χ0v) is 9.96. The third-order valence-corrected chi connectivity index (χ3v) is 1.36. The van der Waals surface area contributed by atoms with Crippen molar-refractivity contribution in [1.29, 1.82) is 0 Å². The van der Waals surface area contributed by atoms with Crippen molar-refractivity contribution in [3.05, 3.63) is 0 Å². The zero-order chi connectivity index (χ0) is 9.56. The van der Waals surface area contributed by atoms with E-state index in [0.717, 1.165) is 0 Å². The van der Waals surface area contributed by atoms with Gasteiger partial charge in [-0.25, -0.2) is 0 Å². The SMILES string of the molecule is CC(=O)CCC(=O)CCC(=O)[O-].[Na+]. The van der Waals surface area contributed by atoms with Gasteiger partial charge in [-0.1, -0.05) is 0 Å². The largest absolute Gasteiger partial charge is 1.00 e. The molecule has 0 unspecified atom stereocenters. The number of ketones is 2. The molecule has 0 aliphatic rings. The molecule has 0 aliphatic heterocycles. The van der Waals surface area contributed by atoms with Gasteiger partial charge in [0.2, 0.25) is 0 Å². The van der Waals surface area contributed by atoms with E-state index in [9.17, 15) is 19.5 Å². The van der Waals surface area contributed by atoms with Gasteiger partial charge in [0.25, 0.3) is 0 Å². The molecule has 0 N–H and O–H groups in total. The Morgan fingerprint density at radius 3 is 1.85 bits per heavy atom. The summed E-state index contributed by atoms with van der Waals surface area (Å²) in [5, 5.41) is 9.91. The van der Waals surface area contributed by atoms with E-state index in [1.165, 1.54) is 6.92 Å². The zero-order valence-electron chi connectivity index (χ0n) is 7.96. The number of aliphatic carboxylic acids is 1. The van der Waals surface area contributed by atoms with Gasteiger partial charge in [0, 0.05) is 25.2 Å². The monoisotopic (exact) mass is 194 g/mol. The normalized spacial score (nSPS) is 8.69. The van der Waals surface area contributed by atoms with E-state index in [1.54, 1.807) is 0 Å². The van der Waals surface area contributed by atoms with Gasteiger partial charge in [0.05, 0.1) is 0 Å². The average molecular weight is 194 g/mol. The van der Waals surface area contributed by atoms with Crippen LogP contribution in [0.1, 0.15) is 32.6 Å². The van der Waals surface area contributed by atoms with E-state index in [2.05, 4.69) is 0 Å².